The van der Waals surface area contributed by atoms with E-state index in [9.17, 15) is 8.78 Å². The third-order valence-corrected chi connectivity index (χ3v) is 3.13. The van der Waals surface area contributed by atoms with Gasteiger partial charge in [-0.1, -0.05) is 29.8 Å². The molecule has 0 radical (unpaired) electrons. The summed E-state index contributed by atoms with van der Waals surface area (Å²) in [5.74, 6) is -0.656. The minimum atomic E-state index is -0.338. The van der Waals surface area contributed by atoms with Gasteiger partial charge in [0.2, 0.25) is 0 Å². The maximum atomic E-state index is 13.6. The van der Waals surface area contributed by atoms with Crippen LogP contribution in [0.15, 0.2) is 36.4 Å². The highest BCUT2D eigenvalue weighted by Gasteiger charge is 2.07. The molecule has 0 heterocycles. The fourth-order valence-corrected chi connectivity index (χ4v) is 1.91. The van der Waals surface area contributed by atoms with E-state index >= 15 is 0 Å². The summed E-state index contributed by atoms with van der Waals surface area (Å²) in [7, 11) is 0. The zero-order valence-electron chi connectivity index (χ0n) is 10.6. The van der Waals surface area contributed by atoms with Gasteiger partial charge in [-0.05, 0) is 55.5 Å². The molecule has 0 bridgehead atoms. The first-order valence-electron chi connectivity index (χ1n) is 6.06. The predicted molar refractivity (Wildman–Crippen MR) is 69.7 cm³/mol. The molecule has 0 spiro atoms. The largest absolute Gasteiger partial charge is 0.207 e. The Balaban J connectivity index is 2.10. The van der Waals surface area contributed by atoms with Crippen LogP contribution in [-0.2, 0) is 12.8 Å². The third-order valence-electron chi connectivity index (χ3n) is 3.13. The van der Waals surface area contributed by atoms with Crippen LogP contribution in [0.1, 0.15) is 22.3 Å². The van der Waals surface area contributed by atoms with Gasteiger partial charge in [0.25, 0.3) is 0 Å². The van der Waals surface area contributed by atoms with Crippen LogP contribution >= 0.6 is 0 Å². The second-order valence-electron chi connectivity index (χ2n) is 4.68. The monoisotopic (exact) mass is 246 g/mol. The minimum absolute atomic E-state index is 0.319. The van der Waals surface area contributed by atoms with E-state index in [2.05, 4.69) is 0 Å². The lowest BCUT2D eigenvalue weighted by Crippen LogP contribution is -1.97. The normalized spacial score (nSPS) is 10.7. The van der Waals surface area contributed by atoms with Crippen LogP contribution in [0, 0.1) is 25.5 Å². The number of benzene rings is 2. The van der Waals surface area contributed by atoms with E-state index in [0.717, 1.165) is 12.0 Å². The molecule has 2 heteroatoms. The molecule has 0 saturated heterocycles. The molecule has 0 nitrogen and oxygen atoms in total. The van der Waals surface area contributed by atoms with Crippen molar-refractivity contribution in [3.63, 3.8) is 0 Å². The molecule has 2 rings (SSSR count). The Kier molecular flexibility index (Phi) is 3.75. The van der Waals surface area contributed by atoms with Crippen LogP contribution in [0.5, 0.6) is 0 Å². The predicted octanol–water partition coefficient (Wildman–Crippen LogP) is 4.37. The van der Waals surface area contributed by atoms with Gasteiger partial charge in [0.1, 0.15) is 11.6 Å². The van der Waals surface area contributed by atoms with Crippen molar-refractivity contribution < 1.29 is 8.78 Å². The Morgan fingerprint density at radius 1 is 0.833 bits per heavy atom. The molecule has 0 N–H and O–H groups in total. The van der Waals surface area contributed by atoms with Gasteiger partial charge in [0, 0.05) is 0 Å². The number of hydrogen-bond donors (Lipinski definition) is 0. The van der Waals surface area contributed by atoms with E-state index in [4.69, 9.17) is 0 Å². The fourth-order valence-electron chi connectivity index (χ4n) is 1.91. The Bertz CT molecular complexity index is 542. The zero-order chi connectivity index (χ0) is 13.1. The summed E-state index contributed by atoms with van der Waals surface area (Å²) in [5.41, 5.74) is 3.14. The standard InChI is InChI=1S/C16H16F2/c1-11-3-5-13(6-4-11)7-8-14-10-15(17)12(2)9-16(14)18/h3-6,9-10H,7-8H2,1-2H3. The minimum Gasteiger partial charge on any atom is -0.207 e. The van der Waals surface area contributed by atoms with E-state index in [-0.39, 0.29) is 11.6 Å². The molecule has 94 valence electrons. The lowest BCUT2D eigenvalue weighted by atomic mass is 10.0. The molecular formula is C16H16F2. The van der Waals surface area contributed by atoms with Gasteiger partial charge < -0.3 is 0 Å². The van der Waals surface area contributed by atoms with Crippen molar-refractivity contribution >= 4 is 0 Å². The molecule has 0 aliphatic carbocycles. The van der Waals surface area contributed by atoms with Crippen LogP contribution < -0.4 is 0 Å². The molecular weight excluding hydrogens is 230 g/mol. The first kappa shape index (κ1) is 12.7. The lowest BCUT2D eigenvalue weighted by molar-refractivity contribution is 0.577. The quantitative estimate of drug-likeness (QED) is 0.754. The van der Waals surface area contributed by atoms with E-state index in [1.807, 2.05) is 31.2 Å². The lowest BCUT2D eigenvalue weighted by Gasteiger charge is -2.06. The highest BCUT2D eigenvalue weighted by atomic mass is 19.1. The third kappa shape index (κ3) is 2.95. The molecule has 0 aliphatic rings. The molecule has 2 aromatic rings. The smallest absolute Gasteiger partial charge is 0.126 e. The van der Waals surface area contributed by atoms with Gasteiger partial charge in [0.15, 0.2) is 0 Å². The van der Waals surface area contributed by atoms with Crippen LogP contribution in [0.2, 0.25) is 0 Å². The molecule has 0 aliphatic heterocycles. The van der Waals surface area contributed by atoms with Crippen molar-refractivity contribution in [3.8, 4) is 0 Å². The van der Waals surface area contributed by atoms with Crippen molar-refractivity contribution in [1.82, 2.24) is 0 Å². The number of hydrogen-bond acceptors (Lipinski definition) is 0. The average molecular weight is 246 g/mol. The summed E-state index contributed by atoms with van der Waals surface area (Å²) < 4.78 is 27.0. The maximum Gasteiger partial charge on any atom is 0.126 e. The fraction of sp³-hybridized carbons (Fsp3) is 0.250. The average Bonchev–Trinajstić information content (AvgIpc) is 2.34. The molecule has 18 heavy (non-hydrogen) atoms. The Hall–Kier alpha value is -1.70. The topological polar surface area (TPSA) is 0 Å². The van der Waals surface area contributed by atoms with Crippen LogP contribution in [0.3, 0.4) is 0 Å². The second kappa shape index (κ2) is 5.30. The Morgan fingerprint density at radius 3 is 2.17 bits per heavy atom. The SMILES string of the molecule is Cc1ccc(CCc2cc(F)c(C)cc2F)cc1. The summed E-state index contributed by atoms with van der Waals surface area (Å²) in [4.78, 5) is 0. The summed E-state index contributed by atoms with van der Waals surface area (Å²) in [6, 6.07) is 10.7. The highest BCUT2D eigenvalue weighted by Crippen LogP contribution is 2.16. The van der Waals surface area contributed by atoms with Crippen molar-refractivity contribution in [2.24, 2.45) is 0 Å². The first-order valence-corrected chi connectivity index (χ1v) is 6.06. The number of aryl methyl sites for hydroxylation is 4. The van der Waals surface area contributed by atoms with Crippen molar-refractivity contribution in [3.05, 3.63) is 70.3 Å². The molecule has 0 atom stereocenters. The van der Waals surface area contributed by atoms with Gasteiger partial charge in [0.05, 0.1) is 0 Å². The summed E-state index contributed by atoms with van der Waals surface area (Å²) in [5, 5.41) is 0. The van der Waals surface area contributed by atoms with Gasteiger partial charge in [-0.25, -0.2) is 8.78 Å². The number of rotatable bonds is 3. The highest BCUT2D eigenvalue weighted by molar-refractivity contribution is 5.27. The van der Waals surface area contributed by atoms with Gasteiger partial charge in [-0.3, -0.25) is 0 Å². The van der Waals surface area contributed by atoms with Crippen molar-refractivity contribution in [1.29, 1.82) is 0 Å². The first-order chi connectivity index (χ1) is 8.56. The van der Waals surface area contributed by atoms with Crippen LogP contribution in [0.4, 0.5) is 8.78 Å². The van der Waals surface area contributed by atoms with Crippen LogP contribution in [-0.4, -0.2) is 0 Å². The van der Waals surface area contributed by atoms with E-state index in [1.165, 1.54) is 17.7 Å². The summed E-state index contributed by atoms with van der Waals surface area (Å²) in [6.45, 7) is 3.60. The van der Waals surface area contributed by atoms with Crippen molar-refractivity contribution in [2.45, 2.75) is 26.7 Å². The van der Waals surface area contributed by atoms with E-state index in [0.29, 0.717) is 17.5 Å². The second-order valence-corrected chi connectivity index (χ2v) is 4.68. The molecule has 0 unspecified atom stereocenters. The molecule has 0 fully saturated rings. The molecule has 0 amide bonds. The maximum absolute atomic E-state index is 13.6. The van der Waals surface area contributed by atoms with E-state index in [1.54, 1.807) is 6.92 Å². The van der Waals surface area contributed by atoms with Gasteiger partial charge in [-0.2, -0.15) is 0 Å². The molecule has 2 aromatic carbocycles. The van der Waals surface area contributed by atoms with Crippen molar-refractivity contribution in [2.75, 3.05) is 0 Å². The summed E-state index contributed by atoms with van der Waals surface area (Å²) >= 11 is 0. The van der Waals surface area contributed by atoms with E-state index < -0.39 is 0 Å². The molecule has 0 aromatic heterocycles. The van der Waals surface area contributed by atoms with Crippen LogP contribution in [0.25, 0.3) is 0 Å². The van der Waals surface area contributed by atoms with Gasteiger partial charge in [-0.15, -0.1) is 0 Å². The Labute approximate surface area is 106 Å². The van der Waals surface area contributed by atoms with Gasteiger partial charge >= 0.3 is 0 Å². The number of halogens is 2. The molecule has 0 saturated carbocycles. The zero-order valence-corrected chi connectivity index (χ0v) is 10.6. The Morgan fingerprint density at radius 2 is 1.50 bits per heavy atom. The summed E-state index contributed by atoms with van der Waals surface area (Å²) in [6.07, 6.45) is 1.24.